The second-order valence-corrected chi connectivity index (χ2v) is 7.25. The number of hydrogen-bond acceptors (Lipinski definition) is 5. The van der Waals surface area contributed by atoms with E-state index in [4.69, 9.17) is 4.98 Å². The number of aromatic nitrogens is 4. The molecule has 1 N–H and O–H groups in total. The monoisotopic (exact) mass is 362 g/mol. The largest absolute Gasteiger partial charge is 0.325 e. The van der Waals surface area contributed by atoms with Gasteiger partial charge in [-0.1, -0.05) is 12.1 Å². The zero-order valence-corrected chi connectivity index (χ0v) is 16.2. The summed E-state index contributed by atoms with van der Waals surface area (Å²) in [5.41, 5.74) is 4.75. The molecule has 4 rings (SSSR count). The summed E-state index contributed by atoms with van der Waals surface area (Å²) in [5.74, 6) is 1.70. The van der Waals surface area contributed by atoms with Crippen LogP contribution in [0.2, 0.25) is 0 Å². The third-order valence-corrected chi connectivity index (χ3v) is 5.44. The van der Waals surface area contributed by atoms with Crippen molar-refractivity contribution < 1.29 is 0 Å². The van der Waals surface area contributed by atoms with Crippen LogP contribution in [0.3, 0.4) is 0 Å². The summed E-state index contributed by atoms with van der Waals surface area (Å²) in [6.45, 7) is 6.19. The van der Waals surface area contributed by atoms with Gasteiger partial charge in [0.25, 0.3) is 0 Å². The van der Waals surface area contributed by atoms with Gasteiger partial charge in [0, 0.05) is 31.0 Å². The summed E-state index contributed by atoms with van der Waals surface area (Å²) >= 11 is 0. The molecule has 1 fully saturated rings. The molecule has 0 saturated carbocycles. The quantitative estimate of drug-likeness (QED) is 0.746. The molecule has 27 heavy (non-hydrogen) atoms. The van der Waals surface area contributed by atoms with E-state index in [-0.39, 0.29) is 0 Å². The molecule has 1 aliphatic rings. The van der Waals surface area contributed by atoms with E-state index in [9.17, 15) is 0 Å². The Kier molecular flexibility index (Phi) is 4.90. The molecule has 140 valence electrons. The maximum Gasteiger partial charge on any atom is 0.134 e. The van der Waals surface area contributed by atoms with Gasteiger partial charge in [-0.05, 0) is 57.0 Å². The van der Waals surface area contributed by atoms with Crippen molar-refractivity contribution in [2.24, 2.45) is 7.05 Å². The van der Waals surface area contributed by atoms with Crippen molar-refractivity contribution in [2.75, 3.05) is 11.9 Å². The van der Waals surface area contributed by atoms with Crippen LogP contribution in [0.4, 0.5) is 11.6 Å². The van der Waals surface area contributed by atoms with Crippen LogP contribution in [-0.2, 0) is 13.6 Å². The highest BCUT2D eigenvalue weighted by Crippen LogP contribution is 2.33. The molecular weight excluding hydrogens is 336 g/mol. The van der Waals surface area contributed by atoms with E-state index in [0.29, 0.717) is 6.04 Å². The molecule has 1 saturated heterocycles. The second kappa shape index (κ2) is 7.48. The fraction of sp³-hybridized carbons (Fsp3) is 0.381. The average molecular weight is 362 g/mol. The number of anilines is 2. The smallest absolute Gasteiger partial charge is 0.134 e. The fourth-order valence-electron chi connectivity index (χ4n) is 3.71. The van der Waals surface area contributed by atoms with Gasteiger partial charge in [0.05, 0.1) is 17.9 Å². The van der Waals surface area contributed by atoms with Gasteiger partial charge in [-0.3, -0.25) is 9.58 Å². The minimum atomic E-state index is 0.344. The Bertz CT molecular complexity index is 932. The fourth-order valence-corrected chi connectivity index (χ4v) is 3.71. The van der Waals surface area contributed by atoms with E-state index in [2.05, 4.69) is 39.4 Å². The minimum Gasteiger partial charge on any atom is -0.325 e. The number of nitrogens with zero attached hydrogens (tertiary/aromatic N) is 5. The Morgan fingerprint density at radius 3 is 2.85 bits per heavy atom. The van der Waals surface area contributed by atoms with E-state index >= 15 is 0 Å². The maximum absolute atomic E-state index is 4.90. The van der Waals surface area contributed by atoms with Crippen molar-refractivity contribution in [3.63, 3.8) is 0 Å². The second-order valence-electron chi connectivity index (χ2n) is 7.25. The van der Waals surface area contributed by atoms with Crippen LogP contribution < -0.4 is 5.32 Å². The third kappa shape index (κ3) is 3.71. The van der Waals surface area contributed by atoms with Crippen LogP contribution in [0.25, 0.3) is 0 Å². The van der Waals surface area contributed by atoms with Crippen LogP contribution in [-0.4, -0.2) is 31.2 Å². The first-order valence-corrected chi connectivity index (χ1v) is 9.49. The summed E-state index contributed by atoms with van der Waals surface area (Å²) in [5, 5.41) is 7.74. The van der Waals surface area contributed by atoms with Gasteiger partial charge in [0.2, 0.25) is 0 Å². The highest BCUT2D eigenvalue weighted by Gasteiger charge is 2.28. The Balaban J connectivity index is 1.53. The first kappa shape index (κ1) is 17.7. The van der Waals surface area contributed by atoms with Gasteiger partial charge in [-0.2, -0.15) is 5.10 Å². The third-order valence-electron chi connectivity index (χ3n) is 5.44. The van der Waals surface area contributed by atoms with Crippen molar-refractivity contribution in [2.45, 2.75) is 39.3 Å². The molecule has 3 aromatic rings. The molecule has 1 aliphatic heterocycles. The molecule has 0 spiro atoms. The maximum atomic E-state index is 4.90. The van der Waals surface area contributed by atoms with E-state index in [1.165, 1.54) is 17.7 Å². The number of pyridine rings is 2. The van der Waals surface area contributed by atoms with Gasteiger partial charge in [-0.15, -0.1) is 0 Å². The lowest BCUT2D eigenvalue weighted by Crippen LogP contribution is -2.23. The predicted molar refractivity (Wildman–Crippen MR) is 107 cm³/mol. The van der Waals surface area contributed by atoms with E-state index in [0.717, 1.165) is 42.4 Å². The average Bonchev–Trinajstić information content (AvgIpc) is 3.26. The number of nitrogens with one attached hydrogen (secondary N) is 1. The van der Waals surface area contributed by atoms with Crippen molar-refractivity contribution in [3.8, 4) is 0 Å². The van der Waals surface area contributed by atoms with Crippen LogP contribution >= 0.6 is 0 Å². The summed E-state index contributed by atoms with van der Waals surface area (Å²) in [6.07, 6.45) is 6.12. The molecule has 0 aliphatic carbocycles. The number of likely N-dealkylation sites (tertiary alicyclic amines) is 1. The Labute approximate surface area is 160 Å². The van der Waals surface area contributed by atoms with Crippen LogP contribution in [0.5, 0.6) is 0 Å². The summed E-state index contributed by atoms with van der Waals surface area (Å²) < 4.78 is 1.94. The lowest BCUT2D eigenvalue weighted by Gasteiger charge is -2.24. The van der Waals surface area contributed by atoms with Crippen LogP contribution in [0.1, 0.15) is 41.4 Å². The van der Waals surface area contributed by atoms with Crippen LogP contribution in [0.15, 0.2) is 42.7 Å². The molecule has 6 nitrogen and oxygen atoms in total. The van der Waals surface area contributed by atoms with Gasteiger partial charge >= 0.3 is 0 Å². The summed E-state index contributed by atoms with van der Waals surface area (Å²) in [6, 6.07) is 10.6. The van der Waals surface area contributed by atoms with Crippen molar-refractivity contribution >= 4 is 11.6 Å². The Morgan fingerprint density at radius 1 is 1.19 bits per heavy atom. The summed E-state index contributed by atoms with van der Waals surface area (Å²) in [7, 11) is 2.00. The van der Waals surface area contributed by atoms with Gasteiger partial charge in [0.15, 0.2) is 0 Å². The first-order valence-electron chi connectivity index (χ1n) is 9.49. The molecule has 1 atom stereocenters. The molecule has 4 heterocycles. The molecule has 3 aromatic heterocycles. The highest BCUT2D eigenvalue weighted by molar-refractivity contribution is 5.55. The normalized spacial score (nSPS) is 17.4. The molecular formula is C21H26N6. The van der Waals surface area contributed by atoms with E-state index in [1.807, 2.05) is 43.0 Å². The Hall–Kier alpha value is -2.73. The SMILES string of the molecule is Cc1cccnc1Nc1cccc([C@@H]2CCCN2Cc2cnn(C)c2C)n1. The molecule has 6 heteroatoms. The first-order chi connectivity index (χ1) is 13.1. The van der Waals surface area contributed by atoms with Crippen molar-refractivity contribution in [1.29, 1.82) is 0 Å². The zero-order chi connectivity index (χ0) is 18.8. The molecule has 0 unspecified atom stereocenters. The summed E-state index contributed by atoms with van der Waals surface area (Å²) in [4.78, 5) is 11.8. The van der Waals surface area contributed by atoms with Gasteiger partial charge in [-0.25, -0.2) is 9.97 Å². The van der Waals surface area contributed by atoms with Crippen molar-refractivity contribution in [1.82, 2.24) is 24.6 Å². The molecule has 0 aromatic carbocycles. The lowest BCUT2D eigenvalue weighted by molar-refractivity contribution is 0.244. The van der Waals surface area contributed by atoms with Gasteiger partial charge < -0.3 is 5.32 Å². The lowest BCUT2D eigenvalue weighted by atomic mass is 10.1. The number of rotatable bonds is 5. The number of hydrogen-bond donors (Lipinski definition) is 1. The Morgan fingerprint density at radius 2 is 2.07 bits per heavy atom. The topological polar surface area (TPSA) is 58.9 Å². The molecule has 0 amide bonds. The molecule has 0 radical (unpaired) electrons. The van der Waals surface area contributed by atoms with E-state index in [1.54, 1.807) is 6.20 Å². The zero-order valence-electron chi connectivity index (χ0n) is 16.2. The predicted octanol–water partition coefficient (Wildman–Crippen LogP) is 3.91. The van der Waals surface area contributed by atoms with Crippen LogP contribution in [0, 0.1) is 13.8 Å². The molecule has 0 bridgehead atoms. The number of aryl methyl sites for hydroxylation is 2. The minimum absolute atomic E-state index is 0.344. The van der Waals surface area contributed by atoms with E-state index < -0.39 is 0 Å². The highest BCUT2D eigenvalue weighted by atomic mass is 15.3. The van der Waals surface area contributed by atoms with Gasteiger partial charge in [0.1, 0.15) is 11.6 Å². The van der Waals surface area contributed by atoms with Crippen molar-refractivity contribution in [3.05, 3.63) is 65.2 Å². The standard InChI is InChI=1S/C21H26N6/c1-15-7-5-11-22-21(15)25-20-10-4-8-18(24-20)19-9-6-12-27(19)14-17-13-23-26(3)16(17)2/h4-5,7-8,10-11,13,19H,6,9,12,14H2,1-3H3,(H,22,24,25)/t19-/m0/s1.